The quantitative estimate of drug-likeness (QED) is 0.116. The molecule has 3 amide bonds. The minimum atomic E-state index is -1.24. The number of halogens is 1. The molecule has 3 fully saturated rings. The van der Waals surface area contributed by atoms with Crippen molar-refractivity contribution < 1.29 is 33.8 Å². The van der Waals surface area contributed by atoms with Gasteiger partial charge >= 0.3 is 5.97 Å². The van der Waals surface area contributed by atoms with Crippen LogP contribution in [0.5, 0.6) is 0 Å². The number of carbonyl (C=O) groups excluding carboxylic acids is 4. The highest BCUT2D eigenvalue weighted by Crippen LogP contribution is 2.59. The summed E-state index contributed by atoms with van der Waals surface area (Å²) in [5, 5.41) is 9.66. The number of allylic oxidation sites excluding steroid dienone is 1. The number of ether oxygens (including phenoxy) is 2. The summed E-state index contributed by atoms with van der Waals surface area (Å²) in [6, 6.07) is 14.8. The fourth-order valence-electron chi connectivity index (χ4n) is 8.07. The molecule has 0 saturated carbocycles. The second-order valence-corrected chi connectivity index (χ2v) is 14.2. The molecule has 5 rings (SSSR count). The molecule has 2 aromatic rings. The number of aliphatic hydroxyl groups excluding tert-OH is 1. The van der Waals surface area contributed by atoms with Crippen LogP contribution in [0, 0.1) is 11.8 Å². The first-order chi connectivity index (χ1) is 24.6. The van der Waals surface area contributed by atoms with E-state index in [1.54, 1.807) is 53.3 Å². The van der Waals surface area contributed by atoms with Gasteiger partial charge < -0.3 is 29.3 Å². The van der Waals surface area contributed by atoms with Crippen molar-refractivity contribution in [2.45, 2.75) is 88.2 Å². The number of hydrogen-bond acceptors (Lipinski definition) is 7. The molecule has 7 atom stereocenters. The third-order valence-electron chi connectivity index (χ3n) is 10.7. The summed E-state index contributed by atoms with van der Waals surface area (Å²) in [5.41, 5.74) is -0.0237. The molecule has 51 heavy (non-hydrogen) atoms. The zero-order chi connectivity index (χ0) is 36.7. The van der Waals surface area contributed by atoms with Crippen molar-refractivity contribution in [3.8, 4) is 0 Å². The Morgan fingerprint density at radius 3 is 2.47 bits per heavy atom. The zero-order valence-corrected chi connectivity index (χ0v) is 30.4. The van der Waals surface area contributed by atoms with Gasteiger partial charge in [-0.25, -0.2) is 0 Å². The fraction of sp³-hybridized carbons (Fsp3) is 0.500. The Balaban J connectivity index is 1.48. The summed E-state index contributed by atoms with van der Waals surface area (Å²) in [7, 11) is 1.69. The number of unbranched alkanes of at least 4 members (excludes halogenated alkanes) is 3. The maximum atomic E-state index is 14.8. The highest BCUT2D eigenvalue weighted by Gasteiger charge is 2.75. The van der Waals surface area contributed by atoms with Gasteiger partial charge in [0.1, 0.15) is 17.7 Å². The van der Waals surface area contributed by atoms with Crippen LogP contribution in [0.4, 0.5) is 5.69 Å². The van der Waals surface area contributed by atoms with E-state index in [0.29, 0.717) is 49.4 Å². The summed E-state index contributed by atoms with van der Waals surface area (Å²) in [6.07, 6.45) is 6.40. The molecule has 2 bridgehead atoms. The molecule has 3 saturated heterocycles. The number of likely N-dealkylation sites (tertiary alicyclic amines) is 1. The molecule has 1 spiro atoms. The van der Waals surface area contributed by atoms with Crippen molar-refractivity contribution in [1.29, 1.82) is 0 Å². The van der Waals surface area contributed by atoms with Gasteiger partial charge in [-0.15, -0.1) is 13.2 Å². The summed E-state index contributed by atoms with van der Waals surface area (Å²) in [5.74, 6) is -3.21. The Morgan fingerprint density at radius 1 is 1.08 bits per heavy atom. The van der Waals surface area contributed by atoms with E-state index in [4.69, 9.17) is 21.1 Å². The van der Waals surface area contributed by atoms with Crippen molar-refractivity contribution in [3.63, 3.8) is 0 Å². The van der Waals surface area contributed by atoms with E-state index in [9.17, 15) is 24.3 Å². The van der Waals surface area contributed by atoms with E-state index >= 15 is 0 Å². The average Bonchev–Trinajstić information content (AvgIpc) is 3.78. The maximum absolute atomic E-state index is 14.8. The van der Waals surface area contributed by atoms with Crippen molar-refractivity contribution in [1.82, 2.24) is 9.80 Å². The fourth-order valence-corrected chi connectivity index (χ4v) is 8.30. The average molecular weight is 720 g/mol. The lowest BCUT2D eigenvalue weighted by Gasteiger charge is -2.37. The molecular formula is C40H50ClN3O7. The molecular weight excluding hydrogens is 670 g/mol. The Labute approximate surface area is 306 Å². The Hall–Kier alpha value is -3.99. The molecule has 10 nitrogen and oxygen atoms in total. The van der Waals surface area contributed by atoms with Gasteiger partial charge in [0.15, 0.2) is 0 Å². The highest BCUT2D eigenvalue weighted by atomic mass is 35.5. The monoisotopic (exact) mass is 719 g/mol. The van der Waals surface area contributed by atoms with Crippen LogP contribution in [0.2, 0.25) is 5.02 Å². The molecule has 274 valence electrons. The predicted octanol–water partition coefficient (Wildman–Crippen LogP) is 5.88. The third-order valence-corrected chi connectivity index (χ3v) is 11.0. The summed E-state index contributed by atoms with van der Waals surface area (Å²) >= 11 is 6.60. The van der Waals surface area contributed by atoms with E-state index in [1.807, 2.05) is 37.3 Å². The van der Waals surface area contributed by atoms with Gasteiger partial charge in [-0.05, 0) is 56.7 Å². The number of carbonyl (C=O) groups is 4. The van der Waals surface area contributed by atoms with Gasteiger partial charge in [-0.2, -0.15) is 0 Å². The lowest BCUT2D eigenvalue weighted by Crippen LogP contribution is -2.56. The number of nitrogens with zero attached hydrogens (tertiary/aromatic N) is 3. The first-order valence-corrected chi connectivity index (χ1v) is 18.4. The number of aliphatic hydroxyl groups is 1. The van der Waals surface area contributed by atoms with E-state index in [-0.39, 0.29) is 37.3 Å². The lowest BCUT2D eigenvalue weighted by atomic mass is 9.70. The van der Waals surface area contributed by atoms with Crippen LogP contribution < -0.4 is 4.90 Å². The number of fused-ring (bicyclic) bond motifs is 1. The van der Waals surface area contributed by atoms with Crippen LogP contribution in [0.3, 0.4) is 0 Å². The standard InChI is InChI=1S/C40H50ClN3O7/c1-5-7-21-32(46)42(4)27(3)35(28-17-11-10-12-18-28)50-39(49)33-31-22-23-40(51-31)34(33)37(47)44(25-15-8-9-16-26-45)36(40)38(48)43(24-6-2)30-20-14-13-19-29(30)41/h5-6,10-14,17-20,27,31,33-36,45H,1-2,7-9,15-16,21-26H2,3-4H3/t27-,31-,33+,34+,35+,36-,40+/m0/s1. The number of esters is 1. The van der Waals surface area contributed by atoms with Crippen LogP contribution in [0.25, 0.3) is 0 Å². The number of likely N-dealkylation sites (N-methyl/N-ethyl adjacent to an activating group) is 1. The van der Waals surface area contributed by atoms with E-state index in [0.717, 1.165) is 18.4 Å². The topological polar surface area (TPSA) is 117 Å². The van der Waals surface area contributed by atoms with Gasteiger partial charge in [0.2, 0.25) is 11.8 Å². The third kappa shape index (κ3) is 7.64. The first kappa shape index (κ1) is 38.2. The van der Waals surface area contributed by atoms with E-state index in [2.05, 4.69) is 13.2 Å². The first-order valence-electron chi connectivity index (χ1n) is 18.0. The zero-order valence-electron chi connectivity index (χ0n) is 29.6. The van der Waals surface area contributed by atoms with Crippen molar-refractivity contribution >= 4 is 41.0 Å². The molecule has 0 unspecified atom stereocenters. The van der Waals surface area contributed by atoms with Gasteiger partial charge in [0, 0.05) is 33.2 Å². The van der Waals surface area contributed by atoms with Crippen LogP contribution in [-0.2, 0) is 28.7 Å². The number of amides is 3. The van der Waals surface area contributed by atoms with Crippen LogP contribution in [0.15, 0.2) is 79.9 Å². The van der Waals surface area contributed by atoms with Crippen molar-refractivity contribution in [2.24, 2.45) is 11.8 Å². The van der Waals surface area contributed by atoms with E-state index in [1.165, 1.54) is 4.90 Å². The number of rotatable bonds is 18. The maximum Gasteiger partial charge on any atom is 0.313 e. The molecule has 11 heteroatoms. The Kier molecular flexibility index (Phi) is 12.8. The molecule has 0 aromatic heterocycles. The van der Waals surface area contributed by atoms with Gasteiger partial charge in [-0.3, -0.25) is 19.2 Å². The smallest absolute Gasteiger partial charge is 0.313 e. The van der Waals surface area contributed by atoms with Crippen LogP contribution >= 0.6 is 11.6 Å². The Morgan fingerprint density at radius 2 is 1.78 bits per heavy atom. The summed E-state index contributed by atoms with van der Waals surface area (Å²) in [4.78, 5) is 61.6. The second kappa shape index (κ2) is 17.0. The number of para-hydroxylation sites is 1. The number of hydrogen-bond donors (Lipinski definition) is 1. The minimum absolute atomic E-state index is 0.0870. The normalized spacial score (nSPS) is 24.5. The van der Waals surface area contributed by atoms with E-state index < -0.39 is 47.7 Å². The summed E-state index contributed by atoms with van der Waals surface area (Å²) < 4.78 is 13.0. The summed E-state index contributed by atoms with van der Waals surface area (Å²) in [6.45, 7) is 9.96. The predicted molar refractivity (Wildman–Crippen MR) is 196 cm³/mol. The van der Waals surface area contributed by atoms with Gasteiger partial charge in [0.05, 0.1) is 34.7 Å². The molecule has 3 heterocycles. The molecule has 2 aromatic carbocycles. The lowest BCUT2D eigenvalue weighted by molar-refractivity contribution is -0.164. The van der Waals surface area contributed by atoms with Crippen LogP contribution in [-0.4, -0.2) is 89.1 Å². The SMILES string of the molecule is C=CCCC(=O)N(C)[C@@H](C)[C@@H](OC(=O)[C@@H]1[C@@H]2CC[C@]3(O2)[C@H](C(=O)N(CC=C)c2ccccc2Cl)N(CCCCCCO)C(=O)[C@@H]13)c1ccccc1. The minimum Gasteiger partial charge on any atom is -0.455 e. The van der Waals surface area contributed by atoms with Crippen LogP contribution in [0.1, 0.15) is 70.0 Å². The molecule has 0 radical (unpaired) electrons. The van der Waals surface area contributed by atoms with Crippen molar-refractivity contribution in [2.75, 3.05) is 31.6 Å². The van der Waals surface area contributed by atoms with Crippen molar-refractivity contribution in [3.05, 3.63) is 90.5 Å². The molecule has 1 N–H and O–H groups in total. The number of benzene rings is 2. The molecule has 0 aliphatic carbocycles. The van der Waals surface area contributed by atoms with Gasteiger partial charge in [-0.1, -0.05) is 79.1 Å². The molecule has 3 aliphatic heterocycles. The number of anilines is 1. The van der Waals surface area contributed by atoms with Gasteiger partial charge in [0.25, 0.3) is 5.91 Å². The Bertz CT molecular complexity index is 1590. The largest absolute Gasteiger partial charge is 0.455 e. The second-order valence-electron chi connectivity index (χ2n) is 13.8. The molecule has 3 aliphatic rings. The highest BCUT2D eigenvalue weighted by molar-refractivity contribution is 6.34.